The molecule has 0 aliphatic carbocycles. The largest absolute Gasteiger partial charge is 0.348 e. The van der Waals surface area contributed by atoms with Crippen molar-refractivity contribution in [3.63, 3.8) is 0 Å². The molecule has 1 atom stereocenters. The SMILES string of the molecule is CCC(C)n1c(-c2cnc(N3CCCC3)s2)n[nH]c1=S. The summed E-state index contributed by atoms with van der Waals surface area (Å²) in [6.07, 6.45) is 5.47. The van der Waals surface area contributed by atoms with Crippen LogP contribution in [0, 0.1) is 4.77 Å². The third kappa shape index (κ3) is 2.40. The van der Waals surface area contributed by atoms with Crippen LogP contribution in [-0.2, 0) is 0 Å². The highest BCUT2D eigenvalue weighted by molar-refractivity contribution is 7.71. The number of hydrogen-bond donors (Lipinski definition) is 1. The molecule has 1 saturated heterocycles. The summed E-state index contributed by atoms with van der Waals surface area (Å²) in [6.45, 7) is 6.55. The topological polar surface area (TPSA) is 49.7 Å². The van der Waals surface area contributed by atoms with Crippen molar-refractivity contribution in [1.29, 1.82) is 0 Å². The van der Waals surface area contributed by atoms with Gasteiger partial charge in [-0.3, -0.25) is 9.67 Å². The fourth-order valence-corrected chi connectivity index (χ4v) is 3.76. The first-order valence-corrected chi connectivity index (χ1v) is 8.31. The van der Waals surface area contributed by atoms with Crippen LogP contribution in [0.5, 0.6) is 0 Å². The molecule has 20 heavy (non-hydrogen) atoms. The third-order valence-electron chi connectivity index (χ3n) is 3.83. The minimum atomic E-state index is 0.341. The van der Waals surface area contributed by atoms with Gasteiger partial charge in [-0.1, -0.05) is 18.3 Å². The van der Waals surface area contributed by atoms with Gasteiger partial charge >= 0.3 is 0 Å². The normalized spacial score (nSPS) is 16.8. The second-order valence-corrected chi connectivity index (χ2v) is 6.58. The molecule has 2 aromatic rings. The fourth-order valence-electron chi connectivity index (χ4n) is 2.49. The van der Waals surface area contributed by atoms with E-state index in [0.717, 1.165) is 35.3 Å². The van der Waals surface area contributed by atoms with E-state index in [9.17, 15) is 0 Å². The summed E-state index contributed by atoms with van der Waals surface area (Å²) in [7, 11) is 0. The van der Waals surface area contributed by atoms with Gasteiger partial charge in [0, 0.05) is 19.1 Å². The van der Waals surface area contributed by atoms with E-state index in [-0.39, 0.29) is 0 Å². The second-order valence-electron chi connectivity index (χ2n) is 5.18. The highest BCUT2D eigenvalue weighted by atomic mass is 32.1. The molecule has 0 spiro atoms. The first-order chi connectivity index (χ1) is 9.70. The summed E-state index contributed by atoms with van der Waals surface area (Å²) >= 11 is 7.05. The van der Waals surface area contributed by atoms with Crippen molar-refractivity contribution in [1.82, 2.24) is 19.7 Å². The van der Waals surface area contributed by atoms with Gasteiger partial charge in [0.25, 0.3) is 0 Å². The Morgan fingerprint density at radius 2 is 2.20 bits per heavy atom. The van der Waals surface area contributed by atoms with Crippen molar-refractivity contribution in [3.05, 3.63) is 11.0 Å². The van der Waals surface area contributed by atoms with E-state index < -0.39 is 0 Å². The number of aromatic amines is 1. The predicted octanol–water partition coefficient (Wildman–Crippen LogP) is 3.64. The lowest BCUT2D eigenvalue weighted by Gasteiger charge is -2.13. The number of nitrogens with one attached hydrogen (secondary N) is 1. The van der Waals surface area contributed by atoms with Crippen LogP contribution in [0.25, 0.3) is 10.7 Å². The first kappa shape index (κ1) is 13.8. The van der Waals surface area contributed by atoms with Crippen LogP contribution >= 0.6 is 23.6 Å². The van der Waals surface area contributed by atoms with Crippen LogP contribution in [0.3, 0.4) is 0 Å². The summed E-state index contributed by atoms with van der Waals surface area (Å²) in [5, 5.41) is 8.40. The molecule has 0 bridgehead atoms. The number of hydrogen-bond acceptors (Lipinski definition) is 5. The fraction of sp³-hybridized carbons (Fsp3) is 0.615. The van der Waals surface area contributed by atoms with Gasteiger partial charge in [0.05, 0.1) is 11.1 Å². The highest BCUT2D eigenvalue weighted by Gasteiger charge is 2.19. The molecule has 7 heteroatoms. The van der Waals surface area contributed by atoms with E-state index >= 15 is 0 Å². The molecule has 1 unspecified atom stereocenters. The van der Waals surface area contributed by atoms with E-state index in [2.05, 4.69) is 38.5 Å². The molecule has 3 heterocycles. The third-order valence-corrected chi connectivity index (χ3v) is 5.17. The van der Waals surface area contributed by atoms with Crippen LogP contribution in [-0.4, -0.2) is 32.8 Å². The number of anilines is 1. The molecule has 3 rings (SSSR count). The van der Waals surface area contributed by atoms with Crippen LogP contribution in [0.1, 0.15) is 39.2 Å². The van der Waals surface area contributed by atoms with Crippen LogP contribution in [0.4, 0.5) is 5.13 Å². The zero-order valence-electron chi connectivity index (χ0n) is 11.8. The summed E-state index contributed by atoms with van der Waals surface area (Å²) in [5.41, 5.74) is 0. The van der Waals surface area contributed by atoms with Gasteiger partial charge in [-0.25, -0.2) is 4.98 Å². The lowest BCUT2D eigenvalue weighted by molar-refractivity contribution is 0.529. The molecule has 5 nitrogen and oxygen atoms in total. The molecule has 2 aromatic heterocycles. The van der Waals surface area contributed by atoms with Crippen LogP contribution in [0.2, 0.25) is 0 Å². The summed E-state index contributed by atoms with van der Waals surface area (Å²) < 4.78 is 2.78. The van der Waals surface area contributed by atoms with Crippen LogP contribution < -0.4 is 4.90 Å². The predicted molar refractivity (Wildman–Crippen MR) is 85.0 cm³/mol. The molecule has 1 aliphatic rings. The molecule has 1 fully saturated rings. The van der Waals surface area contributed by atoms with Gasteiger partial charge < -0.3 is 4.90 Å². The first-order valence-electron chi connectivity index (χ1n) is 7.08. The van der Waals surface area contributed by atoms with Crippen molar-refractivity contribution >= 4 is 28.7 Å². The monoisotopic (exact) mass is 309 g/mol. The molecule has 1 aliphatic heterocycles. The van der Waals surface area contributed by atoms with E-state index in [1.807, 2.05) is 6.20 Å². The molecule has 1 N–H and O–H groups in total. The smallest absolute Gasteiger partial charge is 0.195 e. The van der Waals surface area contributed by atoms with Crippen molar-refractivity contribution in [3.8, 4) is 10.7 Å². The molecule has 0 amide bonds. The van der Waals surface area contributed by atoms with Gasteiger partial charge in [-0.15, -0.1) is 0 Å². The minimum absolute atomic E-state index is 0.341. The van der Waals surface area contributed by atoms with E-state index in [0.29, 0.717) is 10.8 Å². The standard InChI is InChI=1S/C13H19N5S2/c1-3-9(2)18-11(15-16-12(18)19)10-8-14-13(20-10)17-6-4-5-7-17/h8-9H,3-7H2,1-2H3,(H,16,19). The lowest BCUT2D eigenvalue weighted by atomic mass is 10.2. The Labute approximate surface area is 127 Å². The zero-order chi connectivity index (χ0) is 14.1. The number of nitrogens with zero attached hydrogens (tertiary/aromatic N) is 4. The molecule has 108 valence electrons. The van der Waals surface area contributed by atoms with E-state index in [1.54, 1.807) is 11.3 Å². The Balaban J connectivity index is 1.95. The number of aromatic nitrogens is 4. The van der Waals surface area contributed by atoms with Gasteiger partial charge in [0.2, 0.25) is 0 Å². The van der Waals surface area contributed by atoms with Crippen molar-refractivity contribution in [2.45, 2.75) is 39.2 Å². The molecule has 0 aromatic carbocycles. The van der Waals surface area contributed by atoms with Gasteiger partial charge in [-0.2, -0.15) is 5.10 Å². The van der Waals surface area contributed by atoms with Crippen molar-refractivity contribution < 1.29 is 0 Å². The van der Waals surface area contributed by atoms with Gasteiger partial charge in [0.1, 0.15) is 0 Å². The average Bonchev–Trinajstić information content (AvgIpc) is 3.16. The highest BCUT2D eigenvalue weighted by Crippen LogP contribution is 2.33. The Hall–Kier alpha value is -1.21. The maximum Gasteiger partial charge on any atom is 0.195 e. The number of thiazole rings is 1. The van der Waals surface area contributed by atoms with Gasteiger partial charge in [-0.05, 0) is 38.4 Å². The Bertz CT molecular complexity index is 635. The molecule has 0 radical (unpaired) electrons. The van der Waals surface area contributed by atoms with Crippen molar-refractivity contribution in [2.24, 2.45) is 0 Å². The zero-order valence-corrected chi connectivity index (χ0v) is 13.4. The number of rotatable bonds is 4. The second kappa shape index (κ2) is 5.65. The van der Waals surface area contributed by atoms with E-state index in [4.69, 9.17) is 12.2 Å². The number of H-pyrrole nitrogens is 1. The maximum atomic E-state index is 5.35. The minimum Gasteiger partial charge on any atom is -0.348 e. The maximum absolute atomic E-state index is 5.35. The molecular formula is C13H19N5S2. The summed E-state index contributed by atoms with van der Waals surface area (Å²) in [5.74, 6) is 0.910. The Morgan fingerprint density at radius 3 is 2.90 bits per heavy atom. The lowest BCUT2D eigenvalue weighted by Crippen LogP contribution is -2.16. The molecule has 0 saturated carbocycles. The summed E-state index contributed by atoms with van der Waals surface area (Å²) in [4.78, 5) is 7.99. The molecular weight excluding hydrogens is 290 g/mol. The average molecular weight is 309 g/mol. The summed E-state index contributed by atoms with van der Waals surface area (Å²) in [6, 6.07) is 0.341. The van der Waals surface area contributed by atoms with Gasteiger partial charge in [0.15, 0.2) is 15.7 Å². The van der Waals surface area contributed by atoms with Crippen molar-refractivity contribution in [2.75, 3.05) is 18.0 Å². The Kier molecular flexibility index (Phi) is 3.89. The quantitative estimate of drug-likeness (QED) is 0.876. The Morgan fingerprint density at radius 1 is 1.45 bits per heavy atom. The van der Waals surface area contributed by atoms with E-state index in [1.165, 1.54) is 12.8 Å². The van der Waals surface area contributed by atoms with Crippen LogP contribution in [0.15, 0.2) is 6.20 Å².